The van der Waals surface area contributed by atoms with Crippen LogP contribution in [0.3, 0.4) is 0 Å². The number of aromatic nitrogens is 4. The fraction of sp³-hybridized carbons (Fsp3) is 0.389. The molecule has 0 aliphatic carbocycles. The minimum absolute atomic E-state index is 0.0232. The lowest BCUT2D eigenvalue weighted by Crippen LogP contribution is -2.59. The Morgan fingerprint density at radius 2 is 2.12 bits per heavy atom. The zero-order valence-corrected chi connectivity index (χ0v) is 14.4. The molecule has 1 fully saturated rings. The van der Waals surface area contributed by atoms with Gasteiger partial charge in [-0.2, -0.15) is 5.10 Å². The molecule has 3 aromatic heterocycles. The van der Waals surface area contributed by atoms with E-state index in [1.54, 1.807) is 6.20 Å². The molecule has 0 radical (unpaired) electrons. The molecule has 3 aromatic rings. The van der Waals surface area contributed by atoms with Gasteiger partial charge in [0.25, 0.3) is 0 Å². The number of anilines is 1. The van der Waals surface area contributed by atoms with E-state index in [1.807, 2.05) is 38.2 Å². The molecule has 7 nitrogen and oxygen atoms in total. The van der Waals surface area contributed by atoms with Crippen LogP contribution < -0.4 is 10.2 Å². The number of aliphatic hydroxyl groups is 1. The van der Waals surface area contributed by atoms with Gasteiger partial charge in [-0.1, -0.05) is 0 Å². The number of nitrogens with one attached hydrogen (secondary N) is 2. The maximum Gasteiger partial charge on any atom is 0.181 e. The minimum atomic E-state index is -0.764. The number of hydrogen-bond acceptors (Lipinski definition) is 6. The van der Waals surface area contributed by atoms with Crippen LogP contribution >= 0.6 is 0 Å². The Bertz CT molecular complexity index is 884. The molecule has 0 spiro atoms. The maximum atomic E-state index is 10.3. The summed E-state index contributed by atoms with van der Waals surface area (Å²) in [6, 6.07) is 7.98. The lowest BCUT2D eigenvalue weighted by molar-refractivity contribution is 0.0364. The van der Waals surface area contributed by atoms with Crippen LogP contribution in [0.4, 0.5) is 5.69 Å². The standard InChI is InChI=1S/C18H22N6O/c1-18(2,25)15-11-24(9-8-20-15)12-5-7-19-14(10-12)16-13-4-3-6-21-17(13)23-22-16/h3-7,10,15,20,25H,8-9,11H2,1-2H3,(H,21,22,23)/t15-/m1/s1. The first-order valence-electron chi connectivity index (χ1n) is 8.48. The highest BCUT2D eigenvalue weighted by Gasteiger charge is 2.31. The summed E-state index contributed by atoms with van der Waals surface area (Å²) in [6.45, 7) is 6.16. The molecule has 4 heterocycles. The summed E-state index contributed by atoms with van der Waals surface area (Å²) < 4.78 is 0. The van der Waals surface area contributed by atoms with Crippen LogP contribution in [0.2, 0.25) is 0 Å². The molecule has 0 bridgehead atoms. The Kier molecular flexibility index (Phi) is 3.89. The highest BCUT2D eigenvalue weighted by molar-refractivity contribution is 5.89. The summed E-state index contributed by atoms with van der Waals surface area (Å²) in [7, 11) is 0. The van der Waals surface area contributed by atoms with Crippen LogP contribution in [-0.4, -0.2) is 56.5 Å². The van der Waals surface area contributed by atoms with Crippen molar-refractivity contribution >= 4 is 16.7 Å². The maximum absolute atomic E-state index is 10.3. The fourth-order valence-corrected chi connectivity index (χ4v) is 3.26. The summed E-state index contributed by atoms with van der Waals surface area (Å²) >= 11 is 0. The van der Waals surface area contributed by atoms with E-state index in [4.69, 9.17) is 0 Å². The number of pyridine rings is 2. The Labute approximate surface area is 146 Å². The Morgan fingerprint density at radius 3 is 2.96 bits per heavy atom. The molecule has 7 heteroatoms. The third kappa shape index (κ3) is 3.08. The molecule has 130 valence electrons. The highest BCUT2D eigenvalue weighted by atomic mass is 16.3. The monoisotopic (exact) mass is 338 g/mol. The van der Waals surface area contributed by atoms with Gasteiger partial charge in [-0.05, 0) is 38.1 Å². The van der Waals surface area contributed by atoms with Gasteiger partial charge in [0.1, 0.15) is 0 Å². The Hall–Kier alpha value is -2.51. The lowest BCUT2D eigenvalue weighted by Gasteiger charge is -2.40. The van der Waals surface area contributed by atoms with E-state index in [-0.39, 0.29) is 6.04 Å². The second-order valence-electron chi connectivity index (χ2n) is 6.98. The van der Waals surface area contributed by atoms with Crippen LogP contribution in [0.5, 0.6) is 0 Å². The Morgan fingerprint density at radius 1 is 1.24 bits per heavy atom. The molecule has 3 N–H and O–H groups in total. The first kappa shape index (κ1) is 16.0. The van der Waals surface area contributed by atoms with Crippen LogP contribution in [0.25, 0.3) is 22.4 Å². The van der Waals surface area contributed by atoms with Crippen molar-refractivity contribution in [1.82, 2.24) is 25.5 Å². The average Bonchev–Trinajstić information content (AvgIpc) is 3.05. The molecule has 1 aliphatic heterocycles. The zero-order chi connectivity index (χ0) is 17.4. The lowest BCUT2D eigenvalue weighted by atomic mass is 9.96. The van der Waals surface area contributed by atoms with Gasteiger partial charge in [-0.25, -0.2) is 4.98 Å². The molecular weight excluding hydrogens is 316 g/mol. The first-order valence-corrected chi connectivity index (χ1v) is 8.48. The topological polar surface area (TPSA) is 90.0 Å². The first-order chi connectivity index (χ1) is 12.0. The summed E-state index contributed by atoms with van der Waals surface area (Å²) in [5.41, 5.74) is 2.73. The van der Waals surface area contributed by atoms with Crippen LogP contribution in [0.1, 0.15) is 13.8 Å². The number of aromatic amines is 1. The van der Waals surface area contributed by atoms with Gasteiger partial charge in [0.05, 0.1) is 23.0 Å². The molecule has 0 amide bonds. The largest absolute Gasteiger partial charge is 0.389 e. The number of fused-ring (bicyclic) bond motifs is 1. The summed E-state index contributed by atoms with van der Waals surface area (Å²) in [5, 5.41) is 22.0. The minimum Gasteiger partial charge on any atom is -0.389 e. The molecule has 1 aliphatic rings. The van der Waals surface area contributed by atoms with Crippen molar-refractivity contribution in [3.05, 3.63) is 36.7 Å². The van der Waals surface area contributed by atoms with Crippen molar-refractivity contribution in [2.75, 3.05) is 24.5 Å². The predicted molar refractivity (Wildman–Crippen MR) is 97.4 cm³/mol. The number of H-pyrrole nitrogens is 1. The molecule has 4 rings (SSSR count). The quantitative estimate of drug-likeness (QED) is 0.672. The SMILES string of the molecule is CC(C)(O)[C@H]1CN(c2ccnc(-c3[nH]nc4ncccc34)c2)CCN1. The van der Waals surface area contributed by atoms with Gasteiger partial charge >= 0.3 is 0 Å². The number of piperazine rings is 1. The normalized spacial score (nSPS) is 18.7. The average molecular weight is 338 g/mol. The predicted octanol–water partition coefficient (Wildman–Crippen LogP) is 1.57. The summed E-state index contributed by atoms with van der Waals surface area (Å²) in [6.07, 6.45) is 3.54. The highest BCUT2D eigenvalue weighted by Crippen LogP contribution is 2.27. The third-order valence-electron chi connectivity index (χ3n) is 4.72. The summed E-state index contributed by atoms with van der Waals surface area (Å²) in [5.74, 6) is 0. The van der Waals surface area contributed by atoms with Crippen molar-refractivity contribution in [1.29, 1.82) is 0 Å². The van der Waals surface area contributed by atoms with Crippen molar-refractivity contribution in [3.63, 3.8) is 0 Å². The molecule has 1 atom stereocenters. The van der Waals surface area contributed by atoms with Crippen molar-refractivity contribution in [3.8, 4) is 11.4 Å². The fourth-order valence-electron chi connectivity index (χ4n) is 3.26. The van der Waals surface area contributed by atoms with E-state index in [2.05, 4.69) is 36.4 Å². The number of nitrogens with zero attached hydrogens (tertiary/aromatic N) is 4. The molecule has 0 aromatic carbocycles. The van der Waals surface area contributed by atoms with Gasteiger partial charge in [0.15, 0.2) is 5.65 Å². The third-order valence-corrected chi connectivity index (χ3v) is 4.72. The Balaban J connectivity index is 1.66. The van der Waals surface area contributed by atoms with Gasteiger partial charge in [0.2, 0.25) is 0 Å². The molecule has 1 saturated heterocycles. The van der Waals surface area contributed by atoms with Gasteiger partial charge in [0, 0.05) is 43.1 Å². The van der Waals surface area contributed by atoms with Gasteiger partial charge < -0.3 is 15.3 Å². The van der Waals surface area contributed by atoms with E-state index in [9.17, 15) is 5.11 Å². The van der Waals surface area contributed by atoms with Crippen LogP contribution in [0.15, 0.2) is 36.7 Å². The van der Waals surface area contributed by atoms with Crippen molar-refractivity contribution in [2.45, 2.75) is 25.5 Å². The van der Waals surface area contributed by atoms with E-state index in [0.717, 1.165) is 42.1 Å². The smallest absolute Gasteiger partial charge is 0.181 e. The van der Waals surface area contributed by atoms with Crippen molar-refractivity contribution < 1.29 is 5.11 Å². The molecule has 0 saturated carbocycles. The molecular formula is C18H22N6O. The van der Waals surface area contributed by atoms with E-state index in [0.29, 0.717) is 5.65 Å². The van der Waals surface area contributed by atoms with Gasteiger partial charge in [-0.3, -0.25) is 10.1 Å². The zero-order valence-electron chi connectivity index (χ0n) is 14.4. The second-order valence-corrected chi connectivity index (χ2v) is 6.98. The van der Waals surface area contributed by atoms with Crippen LogP contribution in [0, 0.1) is 0 Å². The van der Waals surface area contributed by atoms with E-state index >= 15 is 0 Å². The van der Waals surface area contributed by atoms with Crippen LogP contribution in [-0.2, 0) is 0 Å². The van der Waals surface area contributed by atoms with E-state index in [1.165, 1.54) is 0 Å². The van der Waals surface area contributed by atoms with E-state index < -0.39 is 5.60 Å². The second kappa shape index (κ2) is 6.09. The molecule has 25 heavy (non-hydrogen) atoms. The number of hydrogen-bond donors (Lipinski definition) is 3. The van der Waals surface area contributed by atoms with Crippen molar-refractivity contribution in [2.24, 2.45) is 0 Å². The molecule has 0 unspecified atom stereocenters. The number of rotatable bonds is 3. The summed E-state index contributed by atoms with van der Waals surface area (Å²) in [4.78, 5) is 11.0. The van der Waals surface area contributed by atoms with Gasteiger partial charge in [-0.15, -0.1) is 0 Å².